The Hall–Kier alpha value is -3.85. The molecule has 0 saturated carbocycles. The molecule has 33 heavy (non-hydrogen) atoms. The first-order chi connectivity index (χ1) is 16.0. The van der Waals surface area contributed by atoms with E-state index in [9.17, 15) is 18.7 Å². The van der Waals surface area contributed by atoms with Crippen molar-refractivity contribution in [3.63, 3.8) is 0 Å². The van der Waals surface area contributed by atoms with Crippen molar-refractivity contribution >= 4 is 10.8 Å². The number of aromatic nitrogens is 2. The minimum atomic E-state index is -1.28. The first-order valence-electron chi connectivity index (χ1n) is 10.2. The fourth-order valence-corrected chi connectivity index (χ4v) is 4.50. The summed E-state index contributed by atoms with van der Waals surface area (Å²) in [6.07, 6.45) is 3.76. The van der Waals surface area contributed by atoms with Gasteiger partial charge in [0.2, 0.25) is 0 Å². The average molecular weight is 466 g/mol. The summed E-state index contributed by atoms with van der Waals surface area (Å²) in [4.78, 5) is 22.6. The third-order valence-electron chi connectivity index (χ3n) is 5.04. The Kier molecular flexibility index (Phi) is 6.89. The predicted octanol–water partition coefficient (Wildman–Crippen LogP) is 5.26. The van der Waals surface area contributed by atoms with Crippen LogP contribution in [0.3, 0.4) is 0 Å². The molecule has 7 nitrogen and oxygen atoms in total. The minimum Gasteiger partial charge on any atom is -0.354 e. The number of aromatic amines is 1. The third-order valence-corrected chi connectivity index (χ3v) is 6.50. The van der Waals surface area contributed by atoms with Gasteiger partial charge in [-0.05, 0) is 77.7 Å². The smallest absolute Gasteiger partial charge is 0.294 e. The summed E-state index contributed by atoms with van der Waals surface area (Å²) in [5.74, 6) is -0.0270. The molecule has 1 unspecified atom stereocenters. The Morgan fingerprint density at radius 3 is 2.30 bits per heavy atom. The monoisotopic (exact) mass is 465 g/mol. The van der Waals surface area contributed by atoms with Crippen LogP contribution in [0.2, 0.25) is 0 Å². The van der Waals surface area contributed by atoms with Gasteiger partial charge in [-0.15, -0.1) is 10.1 Å². The molecule has 9 heteroatoms. The SMILES string of the molecule is O=[N+]([O-])OCCCS(=O)c1ccc(-c2cc(-c3ccncc3)c(-c3ccc(F)cc3)[nH]2)cc1. The zero-order chi connectivity index (χ0) is 23.2. The molecule has 0 radical (unpaired) electrons. The van der Waals surface area contributed by atoms with E-state index in [1.807, 2.05) is 30.3 Å². The molecule has 2 heterocycles. The van der Waals surface area contributed by atoms with Crippen LogP contribution in [0.5, 0.6) is 0 Å². The van der Waals surface area contributed by atoms with Gasteiger partial charge < -0.3 is 9.82 Å². The lowest BCUT2D eigenvalue weighted by molar-refractivity contribution is -0.757. The van der Waals surface area contributed by atoms with Crippen molar-refractivity contribution in [2.24, 2.45) is 0 Å². The number of hydrogen-bond acceptors (Lipinski definition) is 5. The molecular weight excluding hydrogens is 445 g/mol. The molecule has 0 aliphatic rings. The van der Waals surface area contributed by atoms with Crippen LogP contribution in [-0.2, 0) is 15.6 Å². The molecule has 4 rings (SSSR count). The lowest BCUT2D eigenvalue weighted by Gasteiger charge is -2.05. The molecule has 2 aromatic heterocycles. The molecule has 0 aliphatic carbocycles. The van der Waals surface area contributed by atoms with Crippen LogP contribution in [0.25, 0.3) is 33.6 Å². The average Bonchev–Trinajstić information content (AvgIpc) is 3.28. The van der Waals surface area contributed by atoms with E-state index in [-0.39, 0.29) is 18.2 Å². The largest absolute Gasteiger partial charge is 0.354 e. The molecule has 0 saturated heterocycles. The van der Waals surface area contributed by atoms with Crippen LogP contribution >= 0.6 is 0 Å². The number of hydrogen-bond donors (Lipinski definition) is 1. The summed E-state index contributed by atoms with van der Waals surface area (Å²) < 4.78 is 25.9. The van der Waals surface area contributed by atoms with E-state index >= 15 is 0 Å². The molecule has 4 aromatic rings. The summed E-state index contributed by atoms with van der Waals surface area (Å²) in [5, 5.41) is 9.34. The molecule has 168 valence electrons. The fourth-order valence-electron chi connectivity index (χ4n) is 3.45. The number of rotatable bonds is 9. The summed E-state index contributed by atoms with van der Waals surface area (Å²) >= 11 is 0. The van der Waals surface area contributed by atoms with Gasteiger partial charge in [-0.25, -0.2) is 4.39 Å². The van der Waals surface area contributed by atoms with Crippen LogP contribution in [0.15, 0.2) is 84.0 Å². The van der Waals surface area contributed by atoms with Gasteiger partial charge in [0, 0.05) is 34.3 Å². The van der Waals surface area contributed by atoms with E-state index in [4.69, 9.17) is 0 Å². The maximum Gasteiger partial charge on any atom is 0.294 e. The number of H-pyrrole nitrogens is 1. The Balaban J connectivity index is 1.59. The topological polar surface area (TPSA) is 98.1 Å². The van der Waals surface area contributed by atoms with Crippen LogP contribution < -0.4 is 0 Å². The molecule has 0 spiro atoms. The van der Waals surface area contributed by atoms with Gasteiger partial charge in [0.05, 0.1) is 23.1 Å². The fraction of sp³-hybridized carbons (Fsp3) is 0.125. The van der Waals surface area contributed by atoms with Crippen molar-refractivity contribution in [3.05, 3.63) is 95.1 Å². The van der Waals surface area contributed by atoms with E-state index in [1.54, 1.807) is 36.7 Å². The first-order valence-corrected chi connectivity index (χ1v) is 11.5. The van der Waals surface area contributed by atoms with Gasteiger partial charge in [0.15, 0.2) is 0 Å². The van der Waals surface area contributed by atoms with Crippen LogP contribution in [0.1, 0.15) is 6.42 Å². The number of nitrogens with zero attached hydrogens (tertiary/aromatic N) is 2. The Labute approximate surface area is 191 Å². The summed E-state index contributed by atoms with van der Waals surface area (Å²) in [6.45, 7) is -0.0801. The van der Waals surface area contributed by atoms with Crippen molar-refractivity contribution in [3.8, 4) is 33.6 Å². The van der Waals surface area contributed by atoms with Crippen molar-refractivity contribution < 1.29 is 18.5 Å². The van der Waals surface area contributed by atoms with Crippen LogP contribution in [0, 0.1) is 15.9 Å². The number of halogens is 1. The van der Waals surface area contributed by atoms with Gasteiger partial charge >= 0.3 is 0 Å². The lowest BCUT2D eigenvalue weighted by Crippen LogP contribution is -2.06. The number of nitrogens with one attached hydrogen (secondary N) is 1. The van der Waals surface area contributed by atoms with E-state index in [0.717, 1.165) is 33.6 Å². The van der Waals surface area contributed by atoms with Gasteiger partial charge in [0.25, 0.3) is 5.09 Å². The van der Waals surface area contributed by atoms with Crippen molar-refractivity contribution in [1.82, 2.24) is 9.97 Å². The first kappa shape index (κ1) is 22.3. The van der Waals surface area contributed by atoms with Crippen LogP contribution in [0.4, 0.5) is 4.39 Å². The molecule has 0 amide bonds. The second-order valence-electron chi connectivity index (χ2n) is 7.20. The van der Waals surface area contributed by atoms with Gasteiger partial charge in [0.1, 0.15) is 5.82 Å². The highest BCUT2D eigenvalue weighted by atomic mass is 32.2. The maximum atomic E-state index is 13.5. The maximum absolute atomic E-state index is 13.5. The zero-order valence-corrected chi connectivity index (χ0v) is 18.3. The second-order valence-corrected chi connectivity index (χ2v) is 8.77. The quantitative estimate of drug-likeness (QED) is 0.207. The van der Waals surface area contributed by atoms with Crippen molar-refractivity contribution in [2.45, 2.75) is 11.3 Å². The summed E-state index contributed by atoms with van der Waals surface area (Å²) in [5.41, 5.74) is 5.40. The van der Waals surface area contributed by atoms with Crippen molar-refractivity contribution in [1.29, 1.82) is 0 Å². The van der Waals surface area contributed by atoms with Crippen molar-refractivity contribution in [2.75, 3.05) is 12.4 Å². The highest BCUT2D eigenvalue weighted by Crippen LogP contribution is 2.36. The minimum absolute atomic E-state index is 0.0801. The lowest BCUT2D eigenvalue weighted by atomic mass is 10.0. The number of benzene rings is 2. The normalized spacial score (nSPS) is 11.8. The van der Waals surface area contributed by atoms with E-state index in [1.165, 1.54) is 12.1 Å². The predicted molar refractivity (Wildman–Crippen MR) is 124 cm³/mol. The van der Waals surface area contributed by atoms with E-state index in [0.29, 0.717) is 11.3 Å². The van der Waals surface area contributed by atoms with Crippen LogP contribution in [-0.4, -0.2) is 31.6 Å². The second kappa shape index (κ2) is 10.2. The third kappa shape index (κ3) is 5.50. The summed E-state index contributed by atoms with van der Waals surface area (Å²) in [7, 11) is -1.28. The molecule has 0 fully saturated rings. The highest BCUT2D eigenvalue weighted by molar-refractivity contribution is 7.85. The Morgan fingerprint density at radius 1 is 0.970 bits per heavy atom. The van der Waals surface area contributed by atoms with E-state index in [2.05, 4.69) is 14.8 Å². The highest BCUT2D eigenvalue weighted by Gasteiger charge is 2.14. The Morgan fingerprint density at radius 2 is 1.64 bits per heavy atom. The van der Waals surface area contributed by atoms with Gasteiger partial charge in [-0.3, -0.25) is 9.19 Å². The standard InChI is InChI=1S/C24H20FN3O4S/c25-20-6-2-19(3-7-20)24-22(17-10-12-26-13-11-17)16-23(27-24)18-4-8-21(9-5-18)33(31)15-1-14-32-28(29)30/h2-13,16,27H,1,14-15H2. The summed E-state index contributed by atoms with van der Waals surface area (Å²) in [6, 6.07) is 19.5. The molecule has 2 aromatic carbocycles. The number of pyridine rings is 1. The van der Waals surface area contributed by atoms with E-state index < -0.39 is 15.9 Å². The molecular formula is C24H20FN3O4S. The molecule has 1 atom stereocenters. The van der Waals surface area contributed by atoms with Gasteiger partial charge in [-0.1, -0.05) is 12.1 Å². The molecule has 0 bridgehead atoms. The Bertz CT molecular complexity index is 1260. The van der Waals surface area contributed by atoms with Gasteiger partial charge in [-0.2, -0.15) is 0 Å². The molecule has 1 N–H and O–H groups in total. The molecule has 0 aliphatic heterocycles. The zero-order valence-electron chi connectivity index (χ0n) is 17.4.